The van der Waals surface area contributed by atoms with Crippen LogP contribution in [0, 0.1) is 3.57 Å². The van der Waals surface area contributed by atoms with Gasteiger partial charge in [0, 0.05) is 22.9 Å². The van der Waals surface area contributed by atoms with Crippen LogP contribution in [0.25, 0.3) is 0 Å². The summed E-state index contributed by atoms with van der Waals surface area (Å²) >= 11 is 2.32. The van der Waals surface area contributed by atoms with Crippen molar-refractivity contribution in [2.24, 2.45) is 0 Å². The van der Waals surface area contributed by atoms with Gasteiger partial charge in [0.15, 0.2) is 0 Å². The Morgan fingerprint density at radius 2 is 2.06 bits per heavy atom. The van der Waals surface area contributed by atoms with Crippen LogP contribution >= 0.6 is 22.6 Å². The first-order valence-corrected chi connectivity index (χ1v) is 6.25. The van der Waals surface area contributed by atoms with E-state index in [1.54, 1.807) is 0 Å². The molecule has 84 valence electrons. The molecule has 1 N–H and O–H groups in total. The molecule has 0 saturated heterocycles. The first kappa shape index (κ1) is 11.6. The fourth-order valence-electron chi connectivity index (χ4n) is 1.57. The number of benzene rings is 1. The molecule has 1 aromatic heterocycles. The minimum atomic E-state index is 0.819. The van der Waals surface area contributed by atoms with Gasteiger partial charge in [0.25, 0.3) is 0 Å². The monoisotopic (exact) mass is 327 g/mol. The Morgan fingerprint density at radius 1 is 1.31 bits per heavy atom. The lowest BCUT2D eigenvalue weighted by Gasteiger charge is -2.02. The topological polar surface area (TPSA) is 29.9 Å². The average Bonchev–Trinajstić information content (AvgIpc) is 2.70. The number of rotatable bonds is 4. The molecule has 0 saturated carbocycles. The number of hydrogen-bond acceptors (Lipinski definition) is 2. The minimum Gasteiger partial charge on any atom is -0.333 e. The fourth-order valence-corrected chi connectivity index (χ4v) is 1.93. The molecule has 1 heterocycles. The summed E-state index contributed by atoms with van der Waals surface area (Å²) in [5, 5.41) is 3.09. The van der Waals surface area contributed by atoms with Crippen LogP contribution in [0.15, 0.2) is 36.8 Å². The van der Waals surface area contributed by atoms with Crippen LogP contribution in [0.2, 0.25) is 0 Å². The third kappa shape index (κ3) is 3.05. The molecule has 0 bridgehead atoms. The van der Waals surface area contributed by atoms with Crippen molar-refractivity contribution < 1.29 is 0 Å². The lowest BCUT2D eigenvalue weighted by atomic mass is 10.2. The Hall–Kier alpha value is -0.880. The third-order valence-corrected chi connectivity index (χ3v) is 3.04. The van der Waals surface area contributed by atoms with E-state index in [0.29, 0.717) is 0 Å². The van der Waals surface area contributed by atoms with Crippen molar-refractivity contribution in [3.05, 3.63) is 51.6 Å². The van der Waals surface area contributed by atoms with E-state index in [2.05, 4.69) is 67.9 Å². The van der Waals surface area contributed by atoms with Gasteiger partial charge in [-0.2, -0.15) is 0 Å². The van der Waals surface area contributed by atoms with E-state index < -0.39 is 0 Å². The molecule has 0 unspecified atom stereocenters. The summed E-state index contributed by atoms with van der Waals surface area (Å²) in [6.07, 6.45) is 3.96. The van der Waals surface area contributed by atoms with E-state index >= 15 is 0 Å². The van der Waals surface area contributed by atoms with Gasteiger partial charge in [0.1, 0.15) is 0 Å². The standard InChI is InChI=1S/C12H14IN3/c1-14-6-12-8-16(9-15-12)7-10-2-4-11(13)5-3-10/h2-5,8-9,14H,6-7H2,1H3. The van der Waals surface area contributed by atoms with Crippen molar-refractivity contribution in [2.45, 2.75) is 13.1 Å². The molecule has 0 fully saturated rings. The number of nitrogens with zero attached hydrogens (tertiary/aromatic N) is 2. The van der Waals surface area contributed by atoms with Crippen LogP contribution in [-0.2, 0) is 13.1 Å². The van der Waals surface area contributed by atoms with E-state index in [-0.39, 0.29) is 0 Å². The molecule has 3 nitrogen and oxygen atoms in total. The second-order valence-corrected chi connectivity index (χ2v) is 4.94. The Labute approximate surface area is 109 Å². The molecule has 0 radical (unpaired) electrons. The summed E-state index contributed by atoms with van der Waals surface area (Å²) in [5.74, 6) is 0. The number of nitrogens with one attached hydrogen (secondary N) is 1. The van der Waals surface area contributed by atoms with Gasteiger partial charge in [-0.1, -0.05) is 12.1 Å². The molecule has 0 atom stereocenters. The van der Waals surface area contributed by atoms with E-state index in [0.717, 1.165) is 18.8 Å². The number of halogens is 1. The normalized spacial score (nSPS) is 10.6. The summed E-state index contributed by atoms with van der Waals surface area (Å²) in [5.41, 5.74) is 2.38. The molecule has 4 heteroatoms. The van der Waals surface area contributed by atoms with Gasteiger partial charge >= 0.3 is 0 Å². The molecule has 1 aromatic carbocycles. The van der Waals surface area contributed by atoms with Crippen molar-refractivity contribution in [1.29, 1.82) is 0 Å². The summed E-state index contributed by atoms with van der Waals surface area (Å²) in [6.45, 7) is 1.70. The molecule has 0 aliphatic rings. The predicted octanol–water partition coefficient (Wildman–Crippen LogP) is 2.26. The first-order chi connectivity index (χ1) is 7.78. The SMILES string of the molecule is CNCc1cn(Cc2ccc(I)cc2)cn1. The van der Waals surface area contributed by atoms with Gasteiger partial charge < -0.3 is 9.88 Å². The summed E-state index contributed by atoms with van der Waals surface area (Å²) < 4.78 is 3.37. The van der Waals surface area contributed by atoms with Gasteiger partial charge in [-0.3, -0.25) is 0 Å². The summed E-state index contributed by atoms with van der Waals surface area (Å²) in [6, 6.07) is 8.56. The van der Waals surface area contributed by atoms with Gasteiger partial charge in [-0.25, -0.2) is 4.98 Å². The van der Waals surface area contributed by atoms with Gasteiger partial charge in [-0.15, -0.1) is 0 Å². The van der Waals surface area contributed by atoms with Crippen LogP contribution in [0.4, 0.5) is 0 Å². The lowest BCUT2D eigenvalue weighted by Crippen LogP contribution is -2.05. The smallest absolute Gasteiger partial charge is 0.0953 e. The van der Waals surface area contributed by atoms with Gasteiger partial charge in [0.2, 0.25) is 0 Å². The average molecular weight is 327 g/mol. The second-order valence-electron chi connectivity index (χ2n) is 3.69. The van der Waals surface area contributed by atoms with E-state index in [4.69, 9.17) is 0 Å². The zero-order chi connectivity index (χ0) is 11.4. The highest BCUT2D eigenvalue weighted by Crippen LogP contribution is 2.08. The van der Waals surface area contributed by atoms with E-state index in [9.17, 15) is 0 Å². The molecule has 16 heavy (non-hydrogen) atoms. The molecular formula is C12H14IN3. The van der Waals surface area contributed by atoms with E-state index in [1.807, 2.05) is 13.4 Å². The Morgan fingerprint density at radius 3 is 2.75 bits per heavy atom. The number of imidazole rings is 1. The molecular weight excluding hydrogens is 313 g/mol. The largest absolute Gasteiger partial charge is 0.333 e. The highest BCUT2D eigenvalue weighted by Gasteiger charge is 1.98. The van der Waals surface area contributed by atoms with Crippen LogP contribution in [0.1, 0.15) is 11.3 Å². The lowest BCUT2D eigenvalue weighted by molar-refractivity contribution is 0.782. The molecule has 0 spiro atoms. The van der Waals surface area contributed by atoms with Gasteiger partial charge in [0.05, 0.1) is 12.0 Å². The molecule has 0 aliphatic heterocycles. The zero-order valence-corrected chi connectivity index (χ0v) is 11.3. The Balaban J connectivity index is 2.05. The Kier molecular flexibility index (Phi) is 3.95. The predicted molar refractivity (Wildman–Crippen MR) is 73.3 cm³/mol. The maximum Gasteiger partial charge on any atom is 0.0953 e. The van der Waals surface area contributed by atoms with Gasteiger partial charge in [-0.05, 0) is 47.3 Å². The molecule has 2 aromatic rings. The highest BCUT2D eigenvalue weighted by atomic mass is 127. The van der Waals surface area contributed by atoms with Crippen molar-refractivity contribution >= 4 is 22.6 Å². The minimum absolute atomic E-state index is 0.819. The van der Waals surface area contributed by atoms with Crippen LogP contribution in [-0.4, -0.2) is 16.6 Å². The number of hydrogen-bond donors (Lipinski definition) is 1. The fraction of sp³-hybridized carbons (Fsp3) is 0.250. The van der Waals surface area contributed by atoms with Crippen molar-refractivity contribution in [2.75, 3.05) is 7.05 Å². The zero-order valence-electron chi connectivity index (χ0n) is 9.15. The molecule has 0 amide bonds. The first-order valence-electron chi connectivity index (χ1n) is 5.17. The quantitative estimate of drug-likeness (QED) is 0.873. The van der Waals surface area contributed by atoms with E-state index in [1.165, 1.54) is 9.13 Å². The van der Waals surface area contributed by atoms with Crippen LogP contribution in [0.3, 0.4) is 0 Å². The maximum absolute atomic E-state index is 4.32. The third-order valence-electron chi connectivity index (χ3n) is 2.32. The maximum atomic E-state index is 4.32. The second kappa shape index (κ2) is 5.45. The van der Waals surface area contributed by atoms with Crippen molar-refractivity contribution in [1.82, 2.24) is 14.9 Å². The van der Waals surface area contributed by atoms with Crippen LogP contribution in [0.5, 0.6) is 0 Å². The van der Waals surface area contributed by atoms with Crippen molar-refractivity contribution in [3.63, 3.8) is 0 Å². The molecule has 2 rings (SSSR count). The number of aromatic nitrogens is 2. The van der Waals surface area contributed by atoms with Crippen LogP contribution < -0.4 is 5.32 Å². The summed E-state index contributed by atoms with van der Waals surface area (Å²) in [4.78, 5) is 4.32. The summed E-state index contributed by atoms with van der Waals surface area (Å²) in [7, 11) is 1.93. The van der Waals surface area contributed by atoms with Crippen molar-refractivity contribution in [3.8, 4) is 0 Å². The highest BCUT2D eigenvalue weighted by molar-refractivity contribution is 14.1. The Bertz CT molecular complexity index is 448. The molecule has 0 aliphatic carbocycles.